The Morgan fingerprint density at radius 2 is 1.96 bits per heavy atom. The molecule has 0 radical (unpaired) electrons. The van der Waals surface area contributed by atoms with Crippen molar-refractivity contribution in [1.29, 1.82) is 0 Å². The molecule has 2 fully saturated rings. The molecule has 2 aliphatic rings. The van der Waals surface area contributed by atoms with Gasteiger partial charge in [-0.05, 0) is 62.0 Å². The SMILES string of the molecule is COC(=O)c1ccccc1C12CCCN1C(CO[Si](C)(C)C(C)(C)C)CC2. The molecule has 2 saturated heterocycles. The smallest absolute Gasteiger partial charge is 0.338 e. The molecule has 1 aromatic rings. The molecule has 0 aliphatic carbocycles. The fraction of sp³-hybridized carbons (Fsp3) is 0.682. The second-order valence-electron chi connectivity index (χ2n) is 9.63. The van der Waals surface area contributed by atoms with Crippen LogP contribution >= 0.6 is 0 Å². The summed E-state index contributed by atoms with van der Waals surface area (Å²) in [6, 6.07) is 8.45. The highest BCUT2D eigenvalue weighted by molar-refractivity contribution is 6.74. The van der Waals surface area contributed by atoms with Gasteiger partial charge in [-0.25, -0.2) is 4.79 Å². The minimum atomic E-state index is -1.76. The number of rotatable bonds is 5. The molecular formula is C22H35NO3Si. The molecule has 2 atom stereocenters. The Balaban J connectivity index is 1.84. The first-order chi connectivity index (χ1) is 12.6. The molecule has 0 bridgehead atoms. The van der Waals surface area contributed by atoms with Crippen LogP contribution in [0.1, 0.15) is 62.4 Å². The van der Waals surface area contributed by atoms with Gasteiger partial charge < -0.3 is 9.16 Å². The van der Waals surface area contributed by atoms with Gasteiger partial charge in [-0.2, -0.15) is 0 Å². The second kappa shape index (κ2) is 7.34. The lowest BCUT2D eigenvalue weighted by Crippen LogP contribution is -2.47. The molecule has 0 aromatic heterocycles. The van der Waals surface area contributed by atoms with Crippen molar-refractivity contribution in [3.8, 4) is 0 Å². The van der Waals surface area contributed by atoms with Gasteiger partial charge in [0.25, 0.3) is 0 Å². The van der Waals surface area contributed by atoms with E-state index in [1.54, 1.807) is 0 Å². The molecule has 150 valence electrons. The van der Waals surface area contributed by atoms with E-state index in [4.69, 9.17) is 9.16 Å². The molecule has 0 N–H and O–H groups in total. The molecule has 0 saturated carbocycles. The molecule has 3 rings (SSSR count). The Morgan fingerprint density at radius 3 is 2.63 bits per heavy atom. The van der Waals surface area contributed by atoms with Crippen molar-refractivity contribution < 1.29 is 14.0 Å². The number of carbonyl (C=O) groups is 1. The van der Waals surface area contributed by atoms with Crippen LogP contribution in [0, 0.1) is 0 Å². The number of hydrogen-bond donors (Lipinski definition) is 0. The van der Waals surface area contributed by atoms with E-state index in [9.17, 15) is 4.79 Å². The van der Waals surface area contributed by atoms with Crippen molar-refractivity contribution in [1.82, 2.24) is 4.90 Å². The summed E-state index contributed by atoms with van der Waals surface area (Å²) >= 11 is 0. The number of methoxy groups -OCH3 is 1. The maximum absolute atomic E-state index is 12.4. The van der Waals surface area contributed by atoms with Crippen molar-refractivity contribution in [3.05, 3.63) is 35.4 Å². The highest BCUT2D eigenvalue weighted by Crippen LogP contribution is 2.51. The highest BCUT2D eigenvalue weighted by atomic mass is 28.4. The average molecular weight is 390 g/mol. The largest absolute Gasteiger partial charge is 0.465 e. The van der Waals surface area contributed by atoms with Gasteiger partial charge in [-0.15, -0.1) is 0 Å². The van der Waals surface area contributed by atoms with Crippen LogP contribution in [-0.4, -0.2) is 45.5 Å². The molecule has 4 nitrogen and oxygen atoms in total. The van der Waals surface area contributed by atoms with E-state index in [2.05, 4.69) is 44.8 Å². The van der Waals surface area contributed by atoms with Gasteiger partial charge in [0.05, 0.1) is 12.7 Å². The van der Waals surface area contributed by atoms with Gasteiger partial charge in [0.15, 0.2) is 8.32 Å². The summed E-state index contributed by atoms with van der Waals surface area (Å²) in [5.74, 6) is -0.229. The van der Waals surface area contributed by atoms with E-state index in [-0.39, 0.29) is 16.5 Å². The molecule has 1 aromatic carbocycles. The fourth-order valence-corrected chi connectivity index (χ4v) is 5.60. The third-order valence-corrected chi connectivity index (χ3v) is 11.6. The minimum Gasteiger partial charge on any atom is -0.465 e. The number of benzene rings is 1. The van der Waals surface area contributed by atoms with Gasteiger partial charge in [0.1, 0.15) is 0 Å². The van der Waals surface area contributed by atoms with Crippen molar-refractivity contribution in [2.75, 3.05) is 20.3 Å². The fourth-order valence-electron chi connectivity index (χ4n) is 4.56. The topological polar surface area (TPSA) is 38.8 Å². The third-order valence-electron chi connectivity index (χ3n) is 7.15. The summed E-state index contributed by atoms with van der Waals surface area (Å²) in [5, 5.41) is 0.227. The van der Waals surface area contributed by atoms with Crippen molar-refractivity contribution >= 4 is 14.3 Å². The number of esters is 1. The van der Waals surface area contributed by atoms with Crippen molar-refractivity contribution in [2.45, 2.75) is 76.2 Å². The summed E-state index contributed by atoms with van der Waals surface area (Å²) in [5.41, 5.74) is 1.83. The van der Waals surface area contributed by atoms with E-state index < -0.39 is 8.32 Å². The average Bonchev–Trinajstić information content (AvgIpc) is 3.18. The van der Waals surface area contributed by atoms with Gasteiger partial charge in [-0.3, -0.25) is 4.90 Å². The quantitative estimate of drug-likeness (QED) is 0.528. The zero-order chi connectivity index (χ0) is 19.9. The predicted molar refractivity (Wildman–Crippen MR) is 112 cm³/mol. The van der Waals surface area contributed by atoms with Crippen LogP contribution in [0.2, 0.25) is 18.1 Å². The van der Waals surface area contributed by atoms with E-state index in [0.717, 1.165) is 43.5 Å². The van der Waals surface area contributed by atoms with E-state index in [1.165, 1.54) is 13.5 Å². The third kappa shape index (κ3) is 3.61. The summed E-state index contributed by atoms with van der Waals surface area (Å²) in [7, 11) is -0.289. The number of hydrogen-bond acceptors (Lipinski definition) is 4. The van der Waals surface area contributed by atoms with Gasteiger partial charge in [0, 0.05) is 18.2 Å². The molecule has 2 heterocycles. The van der Waals surface area contributed by atoms with Gasteiger partial charge in [-0.1, -0.05) is 39.0 Å². The van der Waals surface area contributed by atoms with Gasteiger partial charge >= 0.3 is 5.97 Å². The molecular weight excluding hydrogens is 354 g/mol. The van der Waals surface area contributed by atoms with Gasteiger partial charge in [0.2, 0.25) is 0 Å². The zero-order valence-electron chi connectivity index (χ0n) is 17.8. The maximum Gasteiger partial charge on any atom is 0.338 e. The summed E-state index contributed by atoms with van der Waals surface area (Å²) in [4.78, 5) is 15.0. The first kappa shape index (κ1) is 20.6. The number of carbonyl (C=O) groups excluding carboxylic acids is 1. The lowest BCUT2D eigenvalue weighted by Gasteiger charge is -2.40. The molecule has 5 heteroatoms. The minimum absolute atomic E-state index is 0.0355. The van der Waals surface area contributed by atoms with Crippen LogP contribution in [-0.2, 0) is 14.7 Å². The van der Waals surface area contributed by atoms with E-state index in [1.807, 2.05) is 18.2 Å². The summed E-state index contributed by atoms with van der Waals surface area (Å²) in [6.07, 6.45) is 4.50. The zero-order valence-corrected chi connectivity index (χ0v) is 18.8. The van der Waals surface area contributed by atoms with Crippen LogP contribution in [0.5, 0.6) is 0 Å². The molecule has 0 amide bonds. The lowest BCUT2D eigenvalue weighted by molar-refractivity contribution is 0.0588. The Labute approximate surface area is 165 Å². The Kier molecular flexibility index (Phi) is 5.59. The molecule has 27 heavy (non-hydrogen) atoms. The van der Waals surface area contributed by atoms with Crippen LogP contribution in [0.15, 0.2) is 24.3 Å². The number of ether oxygens (including phenoxy) is 1. The maximum atomic E-state index is 12.4. The standard InChI is InChI=1S/C22H35NO3Si/c1-21(2,3)27(5,6)26-16-17-12-14-22(13-9-15-23(17)22)19-11-8-7-10-18(19)20(24)25-4/h7-8,10-11,17H,9,12-16H2,1-6H3. The Bertz CT molecular complexity index is 697. The van der Waals surface area contributed by atoms with E-state index in [0.29, 0.717) is 6.04 Å². The second-order valence-corrected chi connectivity index (χ2v) is 14.4. The summed E-state index contributed by atoms with van der Waals surface area (Å²) < 4.78 is 11.6. The number of fused-ring (bicyclic) bond motifs is 1. The van der Waals surface area contributed by atoms with Crippen molar-refractivity contribution in [3.63, 3.8) is 0 Å². The van der Waals surface area contributed by atoms with Crippen LogP contribution in [0.25, 0.3) is 0 Å². The number of nitrogens with zero attached hydrogens (tertiary/aromatic N) is 1. The summed E-state index contributed by atoms with van der Waals surface area (Å²) in [6.45, 7) is 13.4. The Morgan fingerprint density at radius 1 is 1.26 bits per heavy atom. The molecule has 2 unspecified atom stereocenters. The van der Waals surface area contributed by atoms with Crippen LogP contribution in [0.3, 0.4) is 0 Å². The van der Waals surface area contributed by atoms with E-state index >= 15 is 0 Å². The normalized spacial score (nSPS) is 26.2. The Hall–Kier alpha value is -1.17. The lowest BCUT2D eigenvalue weighted by atomic mass is 9.83. The van der Waals surface area contributed by atoms with Crippen LogP contribution < -0.4 is 0 Å². The first-order valence-electron chi connectivity index (χ1n) is 10.2. The molecule has 2 aliphatic heterocycles. The van der Waals surface area contributed by atoms with Crippen LogP contribution in [0.4, 0.5) is 0 Å². The first-order valence-corrected chi connectivity index (χ1v) is 13.1. The predicted octanol–water partition coefficient (Wildman–Crippen LogP) is 4.95. The molecule has 0 spiro atoms. The monoisotopic (exact) mass is 389 g/mol. The van der Waals surface area contributed by atoms with Crippen molar-refractivity contribution in [2.24, 2.45) is 0 Å². The highest BCUT2D eigenvalue weighted by Gasteiger charge is 2.52.